The number of aliphatic hydroxyl groups excluding tert-OH is 1. The van der Waals surface area contributed by atoms with Crippen LogP contribution in [0.25, 0.3) is 0 Å². The lowest BCUT2D eigenvalue weighted by atomic mass is 9.89. The van der Waals surface area contributed by atoms with Crippen LogP contribution in [0.3, 0.4) is 0 Å². The predicted molar refractivity (Wildman–Crippen MR) is 89.1 cm³/mol. The van der Waals surface area contributed by atoms with Gasteiger partial charge in [0, 0.05) is 6.54 Å². The van der Waals surface area contributed by atoms with Crippen molar-refractivity contribution in [1.82, 2.24) is 4.90 Å². The number of hydrogen-bond donors (Lipinski definition) is 1. The number of nitrogens with zero attached hydrogens (tertiary/aromatic N) is 1. The maximum absolute atomic E-state index is 10.2. The third-order valence-electron chi connectivity index (χ3n) is 4.33. The highest BCUT2D eigenvalue weighted by Crippen LogP contribution is 2.32. The van der Waals surface area contributed by atoms with Crippen LogP contribution in [0.4, 0.5) is 0 Å². The second-order valence-corrected chi connectivity index (χ2v) is 6.34. The molecule has 1 aromatic heterocycles. The Kier molecular flexibility index (Phi) is 5.49. The molecule has 2 atom stereocenters. The molecule has 1 heterocycles. The average Bonchev–Trinajstić information content (AvgIpc) is 3.05. The molecule has 0 amide bonds. The van der Waals surface area contributed by atoms with Crippen molar-refractivity contribution in [2.75, 3.05) is 20.2 Å². The average molecular weight is 315 g/mol. The maximum atomic E-state index is 10.2. The van der Waals surface area contributed by atoms with Crippen LogP contribution in [0.2, 0.25) is 0 Å². The fraction of sp³-hybridized carbons (Fsp3) is 0.474. The molecule has 1 aromatic carbocycles. The summed E-state index contributed by atoms with van der Waals surface area (Å²) in [6.07, 6.45) is 4.60. The molecular weight excluding hydrogens is 290 g/mol. The molecule has 0 spiro atoms. The summed E-state index contributed by atoms with van der Waals surface area (Å²) in [5.41, 5.74) is 2.67. The molecule has 4 heteroatoms. The minimum atomic E-state index is -0.496. The number of fused-ring (bicyclic) bond motifs is 1. The van der Waals surface area contributed by atoms with Crippen molar-refractivity contribution in [1.29, 1.82) is 0 Å². The molecule has 124 valence electrons. The van der Waals surface area contributed by atoms with E-state index in [4.69, 9.17) is 9.15 Å². The van der Waals surface area contributed by atoms with Crippen LogP contribution in [-0.4, -0.2) is 36.3 Å². The Morgan fingerprint density at radius 1 is 1.30 bits per heavy atom. The number of rotatable bonds is 7. The van der Waals surface area contributed by atoms with Gasteiger partial charge in [0.05, 0.1) is 31.6 Å². The summed E-state index contributed by atoms with van der Waals surface area (Å²) in [7, 11) is 1.97. The van der Waals surface area contributed by atoms with Gasteiger partial charge in [-0.3, -0.25) is 4.90 Å². The molecule has 1 aliphatic carbocycles. The molecule has 4 nitrogen and oxygen atoms in total. The monoisotopic (exact) mass is 315 g/mol. The molecule has 0 unspecified atom stereocenters. The number of furan rings is 1. The minimum absolute atomic E-state index is 0.116. The molecule has 0 radical (unpaired) electrons. The highest BCUT2D eigenvalue weighted by atomic mass is 16.5. The van der Waals surface area contributed by atoms with Crippen LogP contribution in [-0.2, 0) is 17.7 Å². The number of hydrogen-bond acceptors (Lipinski definition) is 4. The Hall–Kier alpha value is -1.62. The van der Waals surface area contributed by atoms with Gasteiger partial charge in [0.2, 0.25) is 0 Å². The zero-order chi connectivity index (χ0) is 16.1. The second-order valence-electron chi connectivity index (χ2n) is 6.34. The number of likely N-dealkylation sites (N-methyl/N-ethyl adjacent to an activating group) is 1. The number of ether oxygens (including phenoxy) is 1. The van der Waals surface area contributed by atoms with E-state index in [-0.39, 0.29) is 6.10 Å². The van der Waals surface area contributed by atoms with Crippen LogP contribution in [0.15, 0.2) is 47.1 Å². The number of aryl methyl sites for hydroxylation is 1. The first-order chi connectivity index (χ1) is 11.2. The number of aliphatic hydroxyl groups is 1. The molecule has 0 bridgehead atoms. The van der Waals surface area contributed by atoms with E-state index in [1.54, 1.807) is 6.26 Å². The minimum Gasteiger partial charge on any atom is -0.468 e. The summed E-state index contributed by atoms with van der Waals surface area (Å²) in [4.78, 5) is 2.04. The van der Waals surface area contributed by atoms with Gasteiger partial charge in [0.25, 0.3) is 0 Å². The van der Waals surface area contributed by atoms with Crippen molar-refractivity contribution in [2.45, 2.75) is 38.0 Å². The highest BCUT2D eigenvalue weighted by Gasteiger charge is 2.21. The lowest BCUT2D eigenvalue weighted by Gasteiger charge is -2.27. The van der Waals surface area contributed by atoms with Crippen molar-refractivity contribution in [3.8, 4) is 0 Å². The zero-order valence-corrected chi connectivity index (χ0v) is 13.6. The maximum Gasteiger partial charge on any atom is 0.117 e. The zero-order valence-electron chi connectivity index (χ0n) is 13.6. The standard InChI is InChI=1S/C19H25NO3/c1-20(13-17-8-5-11-22-17)12-16(21)14-23-19-10-4-7-15-6-2-3-9-18(15)19/h2-3,5-6,8-9,11,16,19,21H,4,7,10,12-14H2,1H3/t16-,19+/m1/s1. The summed E-state index contributed by atoms with van der Waals surface area (Å²) in [6, 6.07) is 12.3. The van der Waals surface area contributed by atoms with E-state index < -0.39 is 6.10 Å². The van der Waals surface area contributed by atoms with E-state index in [0.29, 0.717) is 19.7 Å². The van der Waals surface area contributed by atoms with Crippen LogP contribution in [0.5, 0.6) is 0 Å². The molecule has 0 saturated carbocycles. The molecule has 2 aromatic rings. The summed E-state index contributed by atoms with van der Waals surface area (Å²) >= 11 is 0. The van der Waals surface area contributed by atoms with Gasteiger partial charge in [-0.05, 0) is 49.6 Å². The largest absolute Gasteiger partial charge is 0.468 e. The summed E-state index contributed by atoms with van der Waals surface area (Å²) in [5, 5.41) is 10.2. The predicted octanol–water partition coefficient (Wildman–Crippen LogP) is 3.17. The third-order valence-corrected chi connectivity index (χ3v) is 4.33. The van der Waals surface area contributed by atoms with Gasteiger partial charge in [-0.25, -0.2) is 0 Å². The SMILES string of the molecule is CN(Cc1ccco1)C[C@@H](O)CO[C@H]1CCCc2ccccc21. The molecule has 0 fully saturated rings. The van der Waals surface area contributed by atoms with Crippen LogP contribution in [0.1, 0.15) is 35.8 Å². The molecule has 23 heavy (non-hydrogen) atoms. The Morgan fingerprint density at radius 2 is 2.17 bits per heavy atom. The van der Waals surface area contributed by atoms with Crippen LogP contribution < -0.4 is 0 Å². The summed E-state index contributed by atoms with van der Waals surface area (Å²) in [5.74, 6) is 0.904. The van der Waals surface area contributed by atoms with E-state index in [2.05, 4.69) is 24.3 Å². The summed E-state index contributed by atoms with van der Waals surface area (Å²) in [6.45, 7) is 1.62. The topological polar surface area (TPSA) is 45.8 Å². The van der Waals surface area contributed by atoms with Gasteiger partial charge < -0.3 is 14.3 Å². The van der Waals surface area contributed by atoms with E-state index in [1.165, 1.54) is 11.1 Å². The molecule has 3 rings (SSSR count). The first-order valence-electron chi connectivity index (χ1n) is 8.31. The van der Waals surface area contributed by atoms with E-state index in [0.717, 1.165) is 25.0 Å². The Balaban J connectivity index is 1.47. The van der Waals surface area contributed by atoms with Gasteiger partial charge in [0.15, 0.2) is 0 Å². The van der Waals surface area contributed by atoms with Gasteiger partial charge in [-0.2, -0.15) is 0 Å². The van der Waals surface area contributed by atoms with Crippen molar-refractivity contribution in [2.24, 2.45) is 0 Å². The quantitative estimate of drug-likeness (QED) is 0.852. The van der Waals surface area contributed by atoms with Crippen molar-refractivity contribution in [3.63, 3.8) is 0 Å². The fourth-order valence-electron chi connectivity index (χ4n) is 3.26. The highest BCUT2D eigenvalue weighted by molar-refractivity contribution is 5.31. The molecule has 0 saturated heterocycles. The van der Waals surface area contributed by atoms with E-state index >= 15 is 0 Å². The lowest BCUT2D eigenvalue weighted by Crippen LogP contribution is -2.32. The van der Waals surface area contributed by atoms with Gasteiger partial charge in [-0.1, -0.05) is 24.3 Å². The van der Waals surface area contributed by atoms with Crippen molar-refractivity contribution >= 4 is 0 Å². The van der Waals surface area contributed by atoms with Crippen LogP contribution >= 0.6 is 0 Å². The third kappa shape index (κ3) is 4.44. The first kappa shape index (κ1) is 16.2. The van der Waals surface area contributed by atoms with E-state index in [1.807, 2.05) is 24.1 Å². The van der Waals surface area contributed by atoms with Crippen LogP contribution in [0, 0.1) is 0 Å². The van der Waals surface area contributed by atoms with Gasteiger partial charge >= 0.3 is 0 Å². The van der Waals surface area contributed by atoms with Crippen molar-refractivity contribution < 1.29 is 14.3 Å². The molecule has 1 aliphatic rings. The Labute approximate surface area is 137 Å². The first-order valence-corrected chi connectivity index (χ1v) is 8.31. The normalized spacial score (nSPS) is 18.8. The molecule has 1 N–H and O–H groups in total. The summed E-state index contributed by atoms with van der Waals surface area (Å²) < 4.78 is 11.3. The Morgan fingerprint density at radius 3 is 3.00 bits per heavy atom. The molecule has 0 aliphatic heterocycles. The van der Waals surface area contributed by atoms with E-state index in [9.17, 15) is 5.11 Å². The number of benzene rings is 1. The lowest BCUT2D eigenvalue weighted by molar-refractivity contribution is -0.0269. The van der Waals surface area contributed by atoms with Gasteiger partial charge in [-0.15, -0.1) is 0 Å². The second kappa shape index (κ2) is 7.77. The fourth-order valence-corrected chi connectivity index (χ4v) is 3.26. The Bertz CT molecular complexity index is 596. The smallest absolute Gasteiger partial charge is 0.117 e. The van der Waals surface area contributed by atoms with Crippen molar-refractivity contribution in [3.05, 3.63) is 59.5 Å². The molecular formula is C19H25NO3. The van der Waals surface area contributed by atoms with Gasteiger partial charge in [0.1, 0.15) is 5.76 Å².